The Morgan fingerprint density at radius 1 is 0.678 bits per heavy atom. The number of carboxylic acids is 1. The molecule has 2 aliphatic rings. The summed E-state index contributed by atoms with van der Waals surface area (Å²) in [4.78, 5) is 11.0. The number of aryl methyl sites for hydroxylation is 4. The van der Waals surface area contributed by atoms with Gasteiger partial charge in [-0.15, -0.1) is 0 Å². The summed E-state index contributed by atoms with van der Waals surface area (Å²) in [6.07, 6.45) is 2.58. The number of hydrogen-bond acceptors (Lipinski definition) is 7. The van der Waals surface area contributed by atoms with Crippen LogP contribution in [-0.2, 0) is 39.0 Å². The van der Waals surface area contributed by atoms with Crippen LogP contribution in [0.3, 0.4) is 0 Å². The molecule has 59 heavy (non-hydrogen) atoms. The highest BCUT2D eigenvalue weighted by Crippen LogP contribution is 2.52. The molecular formula is C45H51F5O8S. The molecule has 0 spiro atoms. The Morgan fingerprint density at radius 3 is 1.51 bits per heavy atom. The van der Waals surface area contributed by atoms with Crippen molar-refractivity contribution < 1.29 is 58.7 Å². The van der Waals surface area contributed by atoms with Gasteiger partial charge < -0.3 is 23.5 Å². The van der Waals surface area contributed by atoms with Crippen molar-refractivity contribution in [2.45, 2.75) is 130 Å². The van der Waals surface area contributed by atoms with Gasteiger partial charge in [-0.25, -0.2) is 4.79 Å². The first-order valence-electron chi connectivity index (χ1n) is 19.7. The molecule has 6 rings (SSSR count). The number of rotatable bonds is 13. The van der Waals surface area contributed by atoms with Crippen molar-refractivity contribution in [1.29, 1.82) is 0 Å². The maximum atomic E-state index is 14.0. The van der Waals surface area contributed by atoms with Crippen LogP contribution in [0.4, 0.5) is 22.0 Å². The van der Waals surface area contributed by atoms with E-state index in [1.807, 2.05) is 90.9 Å². The predicted octanol–water partition coefficient (Wildman–Crippen LogP) is 12.3. The fourth-order valence-electron chi connectivity index (χ4n) is 7.36. The lowest BCUT2D eigenvalue weighted by Gasteiger charge is -2.36. The Bertz CT molecular complexity index is 2320. The van der Waals surface area contributed by atoms with Crippen LogP contribution in [0.1, 0.15) is 113 Å². The molecule has 8 nitrogen and oxygen atoms in total. The summed E-state index contributed by atoms with van der Waals surface area (Å²) in [5.74, 6) is -2.12. The van der Waals surface area contributed by atoms with Gasteiger partial charge in [-0.2, -0.15) is 30.4 Å². The minimum atomic E-state index is -5.82. The van der Waals surface area contributed by atoms with Gasteiger partial charge in [0.15, 0.2) is 5.75 Å². The van der Waals surface area contributed by atoms with Crippen molar-refractivity contribution in [3.63, 3.8) is 0 Å². The zero-order valence-corrected chi connectivity index (χ0v) is 35.3. The molecule has 0 radical (unpaired) electrons. The van der Waals surface area contributed by atoms with E-state index >= 15 is 0 Å². The molecule has 0 aliphatic carbocycles. The van der Waals surface area contributed by atoms with Crippen LogP contribution in [0.5, 0.6) is 23.0 Å². The van der Waals surface area contributed by atoms with Crippen LogP contribution in [-0.4, -0.2) is 31.1 Å². The Hall–Kier alpha value is -4.85. The number of unbranched alkanes of at least 4 members (excludes halogenated alkanes) is 4. The third kappa shape index (κ3) is 9.96. The van der Waals surface area contributed by atoms with Gasteiger partial charge in [0.05, 0.1) is 11.1 Å². The maximum absolute atomic E-state index is 14.0. The van der Waals surface area contributed by atoms with Crippen LogP contribution in [0.2, 0.25) is 0 Å². The smallest absolute Gasteiger partial charge is 0.482 e. The van der Waals surface area contributed by atoms with Gasteiger partial charge in [0.25, 0.3) is 0 Å². The second-order valence-electron chi connectivity index (χ2n) is 16.1. The summed E-state index contributed by atoms with van der Waals surface area (Å²) in [6, 6.07) is 17.8. The largest absolute Gasteiger partial charge is 0.534 e. The van der Waals surface area contributed by atoms with Crippen molar-refractivity contribution in [3.8, 4) is 45.3 Å². The third-order valence-electron chi connectivity index (χ3n) is 10.3. The highest BCUT2D eigenvalue weighted by molar-refractivity contribution is 7.88. The number of alkyl halides is 5. The molecule has 4 aromatic carbocycles. The summed E-state index contributed by atoms with van der Waals surface area (Å²) in [6.45, 7) is 15.5. The minimum Gasteiger partial charge on any atom is -0.482 e. The van der Waals surface area contributed by atoms with Gasteiger partial charge in [0.1, 0.15) is 28.5 Å². The number of fused-ring (bicyclic) bond motifs is 6. The van der Waals surface area contributed by atoms with Crippen LogP contribution in [0.25, 0.3) is 22.3 Å². The van der Waals surface area contributed by atoms with E-state index in [2.05, 4.69) is 11.1 Å². The Kier molecular flexibility index (Phi) is 13.1. The van der Waals surface area contributed by atoms with Crippen molar-refractivity contribution in [3.05, 3.63) is 94.0 Å². The third-order valence-corrected chi connectivity index (χ3v) is 11.2. The Balaban J connectivity index is 0.000000224. The molecule has 320 valence electrons. The number of carboxylic acid groups (broad SMARTS) is 1. The van der Waals surface area contributed by atoms with Gasteiger partial charge in [-0.3, -0.25) is 0 Å². The van der Waals surface area contributed by atoms with E-state index in [-0.39, 0.29) is 17.1 Å². The van der Waals surface area contributed by atoms with Crippen molar-refractivity contribution in [2.75, 3.05) is 0 Å². The highest BCUT2D eigenvalue weighted by atomic mass is 32.2. The summed E-state index contributed by atoms with van der Waals surface area (Å²) in [5, 5.41) is 8.87. The number of halogens is 5. The highest BCUT2D eigenvalue weighted by Gasteiger charge is 2.49. The molecule has 4 aromatic rings. The first kappa shape index (κ1) is 45.2. The molecule has 1 N–H and O–H groups in total. The molecule has 0 bridgehead atoms. The number of ether oxygens (including phenoxy) is 3. The lowest BCUT2D eigenvalue weighted by molar-refractivity contribution is -0.210. The molecular weight excluding hydrogens is 796 g/mol. The van der Waals surface area contributed by atoms with Crippen molar-refractivity contribution >= 4 is 16.1 Å². The van der Waals surface area contributed by atoms with Gasteiger partial charge >= 0.3 is 27.7 Å². The number of carbonyl (C=O) groups is 1. The summed E-state index contributed by atoms with van der Waals surface area (Å²) in [7, 11) is -5.82. The fraction of sp³-hybridized carbons (Fsp3) is 0.444. The molecule has 0 fully saturated rings. The quantitative estimate of drug-likeness (QED) is 0.0613. The van der Waals surface area contributed by atoms with Crippen molar-refractivity contribution in [2.24, 2.45) is 0 Å². The first-order chi connectivity index (χ1) is 27.4. The molecule has 0 aromatic heterocycles. The normalized spacial score (nSPS) is 14.9. The monoisotopic (exact) mass is 846 g/mol. The van der Waals surface area contributed by atoms with Gasteiger partial charge in [0.2, 0.25) is 0 Å². The molecule has 2 aliphatic heterocycles. The second kappa shape index (κ2) is 17.0. The minimum absolute atomic E-state index is 0.177. The van der Waals surface area contributed by atoms with E-state index in [4.69, 9.17) is 19.3 Å². The van der Waals surface area contributed by atoms with E-state index in [1.165, 1.54) is 12.1 Å². The lowest BCUT2D eigenvalue weighted by atomic mass is 9.84. The summed E-state index contributed by atoms with van der Waals surface area (Å²) in [5.41, 5.74) is -0.159. The van der Waals surface area contributed by atoms with Gasteiger partial charge in [-0.05, 0) is 114 Å². The summed E-state index contributed by atoms with van der Waals surface area (Å²) < 4.78 is 112. The van der Waals surface area contributed by atoms with E-state index in [0.717, 1.165) is 66.3 Å². The fourth-order valence-corrected chi connectivity index (χ4v) is 7.82. The molecule has 0 saturated carbocycles. The van der Waals surface area contributed by atoms with Crippen LogP contribution < -0.4 is 18.4 Å². The maximum Gasteiger partial charge on any atom is 0.534 e. The zero-order valence-electron chi connectivity index (χ0n) is 34.5. The molecule has 0 atom stereocenters. The van der Waals surface area contributed by atoms with Gasteiger partial charge in [0, 0.05) is 11.1 Å². The first-order valence-corrected chi connectivity index (χ1v) is 21.1. The molecule has 2 heterocycles. The van der Waals surface area contributed by atoms with E-state index in [1.54, 1.807) is 6.07 Å². The van der Waals surface area contributed by atoms with Crippen LogP contribution >= 0.6 is 0 Å². The Morgan fingerprint density at radius 2 is 1.10 bits per heavy atom. The number of hydrogen-bond donors (Lipinski definition) is 1. The summed E-state index contributed by atoms with van der Waals surface area (Å²) >= 11 is 0. The van der Waals surface area contributed by atoms with Crippen LogP contribution in [0.15, 0.2) is 60.7 Å². The molecule has 0 saturated heterocycles. The van der Waals surface area contributed by atoms with Gasteiger partial charge in [-0.1, -0.05) is 87.1 Å². The van der Waals surface area contributed by atoms with E-state index in [0.29, 0.717) is 46.6 Å². The second-order valence-corrected chi connectivity index (χ2v) is 17.6. The van der Waals surface area contributed by atoms with Crippen LogP contribution in [0, 0.1) is 13.8 Å². The number of aliphatic carboxylic acids is 1. The molecule has 0 unspecified atom stereocenters. The Labute approximate surface area is 342 Å². The lowest BCUT2D eigenvalue weighted by Crippen LogP contribution is -2.35. The predicted molar refractivity (Wildman–Crippen MR) is 216 cm³/mol. The van der Waals surface area contributed by atoms with E-state index < -0.39 is 38.9 Å². The average molecular weight is 847 g/mol. The SMILES string of the molecule is CCCCCc1cc(OC(F)(F)C(=O)O)c2c(c1)OC(C)(C)c1ccc(C)cc1-2.CCCCCc1cc2c(c(OS(=O)(=O)C(F)(F)F)c1)-c1cc(C)ccc1C(C)(C)O2. The van der Waals surface area contributed by atoms with Crippen molar-refractivity contribution in [1.82, 2.24) is 0 Å². The standard InChI is InChI=1S/C23H26F2O4.C22H25F3O4S/c1-5-6-7-8-15-12-18-20(19(13-15)29-23(24,25)21(26)27)16-11-14(2)9-10-17(16)22(3,4)28-18;1-5-6-7-8-15-12-18-20(19(13-15)29-30(26,27)22(23,24)25)16-11-14(2)9-10-17(16)21(3,4)28-18/h9-13H,5-8H2,1-4H3,(H,26,27);9-13H,5-8H2,1-4H3. The average Bonchev–Trinajstić information content (AvgIpc) is 3.10. The molecule has 14 heteroatoms. The zero-order chi connectivity index (χ0) is 43.7. The number of benzene rings is 4. The topological polar surface area (TPSA) is 108 Å². The van der Waals surface area contributed by atoms with E-state index in [9.17, 15) is 35.2 Å². The molecule has 0 amide bonds.